The van der Waals surface area contributed by atoms with Crippen LogP contribution < -0.4 is 5.32 Å². The molecule has 0 saturated carbocycles. The topological polar surface area (TPSA) is 94.1 Å². The zero-order chi connectivity index (χ0) is 20.4. The number of rotatable bonds is 5. The molecule has 0 spiro atoms. The number of amides is 1. The van der Waals surface area contributed by atoms with Crippen molar-refractivity contribution in [2.75, 3.05) is 5.32 Å². The number of nitrogens with zero attached hydrogens (tertiary/aromatic N) is 3. The molecule has 0 bridgehead atoms. The molecule has 0 aliphatic carbocycles. The van der Waals surface area contributed by atoms with Crippen LogP contribution in [0.5, 0.6) is 0 Å². The summed E-state index contributed by atoms with van der Waals surface area (Å²) in [5.74, 6) is 1.10. The summed E-state index contributed by atoms with van der Waals surface area (Å²) < 4.78 is 10.5. The van der Waals surface area contributed by atoms with Gasteiger partial charge in [-0.05, 0) is 31.5 Å². The molecule has 2 aromatic heterocycles. The average Bonchev–Trinajstić information content (AvgIpc) is 3.29. The zero-order valence-electron chi connectivity index (χ0n) is 15.8. The van der Waals surface area contributed by atoms with Crippen molar-refractivity contribution in [3.63, 3.8) is 0 Å². The number of aromatic nitrogens is 3. The van der Waals surface area contributed by atoms with Crippen molar-refractivity contribution in [2.24, 2.45) is 0 Å². The summed E-state index contributed by atoms with van der Waals surface area (Å²) in [6.07, 6.45) is 0.400. The molecule has 146 valence electrons. The molecule has 4 rings (SSSR count). The molecule has 0 aliphatic rings. The van der Waals surface area contributed by atoms with Crippen molar-refractivity contribution in [3.05, 3.63) is 82.2 Å². The summed E-state index contributed by atoms with van der Waals surface area (Å²) in [6.45, 7) is 3.45. The van der Waals surface area contributed by atoms with Crippen LogP contribution in [0.1, 0.15) is 33.4 Å². The van der Waals surface area contributed by atoms with E-state index in [0.717, 1.165) is 5.56 Å². The molecule has 7 nitrogen and oxygen atoms in total. The van der Waals surface area contributed by atoms with Crippen LogP contribution in [-0.4, -0.2) is 21.2 Å². The number of aryl methyl sites for hydroxylation is 2. The average molecular weight is 409 g/mol. The van der Waals surface area contributed by atoms with Crippen molar-refractivity contribution >= 4 is 23.2 Å². The van der Waals surface area contributed by atoms with Crippen LogP contribution in [0.25, 0.3) is 11.3 Å². The Morgan fingerprint density at radius 1 is 1.03 bits per heavy atom. The normalized spacial score (nSPS) is 10.9. The van der Waals surface area contributed by atoms with Crippen molar-refractivity contribution < 1.29 is 13.8 Å². The van der Waals surface area contributed by atoms with E-state index in [4.69, 9.17) is 20.6 Å². The third kappa shape index (κ3) is 3.90. The smallest absolute Gasteiger partial charge is 0.261 e. The fourth-order valence-corrected chi connectivity index (χ4v) is 3.26. The molecule has 2 heterocycles. The SMILES string of the molecule is Cc1noc(Cc2ccccc2NC(=O)c2c(-c3ccccc3Cl)noc2C)n1. The summed E-state index contributed by atoms with van der Waals surface area (Å²) in [5.41, 5.74) is 2.85. The van der Waals surface area contributed by atoms with Crippen LogP contribution in [0.3, 0.4) is 0 Å². The van der Waals surface area contributed by atoms with E-state index in [1.54, 1.807) is 26.0 Å². The summed E-state index contributed by atoms with van der Waals surface area (Å²) in [7, 11) is 0. The third-order valence-corrected chi connectivity index (χ3v) is 4.73. The quantitative estimate of drug-likeness (QED) is 0.507. The number of anilines is 1. The van der Waals surface area contributed by atoms with Crippen molar-refractivity contribution in [1.82, 2.24) is 15.3 Å². The zero-order valence-corrected chi connectivity index (χ0v) is 16.5. The highest BCUT2D eigenvalue weighted by Gasteiger charge is 2.23. The predicted octanol–water partition coefficient (Wildman–Crippen LogP) is 4.84. The van der Waals surface area contributed by atoms with Crippen molar-refractivity contribution in [3.8, 4) is 11.3 Å². The molecule has 0 aliphatic heterocycles. The Hall–Kier alpha value is -3.45. The lowest BCUT2D eigenvalue weighted by Crippen LogP contribution is -2.15. The van der Waals surface area contributed by atoms with E-state index in [2.05, 4.69) is 20.6 Å². The van der Waals surface area contributed by atoms with Gasteiger partial charge in [-0.1, -0.05) is 58.3 Å². The maximum absolute atomic E-state index is 13.1. The van der Waals surface area contributed by atoms with E-state index in [1.165, 1.54) is 0 Å². The monoisotopic (exact) mass is 408 g/mol. The van der Waals surface area contributed by atoms with E-state index < -0.39 is 0 Å². The Bertz CT molecular complexity index is 1180. The summed E-state index contributed by atoms with van der Waals surface area (Å²) >= 11 is 6.29. The van der Waals surface area contributed by atoms with Crippen molar-refractivity contribution in [2.45, 2.75) is 20.3 Å². The van der Waals surface area contributed by atoms with Gasteiger partial charge in [-0.25, -0.2) is 0 Å². The number of halogens is 1. The number of carbonyl (C=O) groups excluding carboxylic acids is 1. The third-order valence-electron chi connectivity index (χ3n) is 4.40. The maximum Gasteiger partial charge on any atom is 0.261 e. The van der Waals surface area contributed by atoms with E-state index in [-0.39, 0.29) is 5.91 Å². The summed E-state index contributed by atoms with van der Waals surface area (Å²) in [4.78, 5) is 17.3. The maximum atomic E-state index is 13.1. The second kappa shape index (κ2) is 7.89. The molecule has 0 atom stereocenters. The van der Waals surface area contributed by atoms with Crippen LogP contribution >= 0.6 is 11.6 Å². The molecule has 0 saturated heterocycles. The number of hydrogen-bond donors (Lipinski definition) is 1. The first kappa shape index (κ1) is 18.9. The first-order valence-electron chi connectivity index (χ1n) is 8.92. The lowest BCUT2D eigenvalue weighted by Gasteiger charge is -2.10. The summed E-state index contributed by atoms with van der Waals surface area (Å²) in [6, 6.07) is 14.6. The Balaban J connectivity index is 1.65. The van der Waals surface area contributed by atoms with Crippen LogP contribution in [0.2, 0.25) is 5.02 Å². The highest BCUT2D eigenvalue weighted by atomic mass is 35.5. The Labute approximate surface area is 171 Å². The Morgan fingerprint density at radius 2 is 1.79 bits per heavy atom. The van der Waals surface area contributed by atoms with E-state index in [9.17, 15) is 4.79 Å². The summed E-state index contributed by atoms with van der Waals surface area (Å²) in [5, 5.41) is 11.3. The number of nitrogens with one attached hydrogen (secondary N) is 1. The minimum absolute atomic E-state index is 0.335. The highest BCUT2D eigenvalue weighted by Crippen LogP contribution is 2.31. The van der Waals surface area contributed by atoms with E-state index in [1.807, 2.05) is 36.4 Å². The van der Waals surface area contributed by atoms with Gasteiger partial charge in [0.2, 0.25) is 5.89 Å². The standard InChI is InChI=1S/C21H17ClN4O3/c1-12-19(20(26-28-12)15-8-4-5-9-16(15)22)21(27)24-17-10-6-3-7-14(17)11-18-23-13(2)25-29-18/h3-10H,11H2,1-2H3,(H,24,27). The second-order valence-electron chi connectivity index (χ2n) is 6.47. The van der Waals surface area contributed by atoms with Gasteiger partial charge in [0.25, 0.3) is 5.91 Å². The van der Waals surface area contributed by atoms with Crippen LogP contribution in [0, 0.1) is 13.8 Å². The second-order valence-corrected chi connectivity index (χ2v) is 6.87. The van der Waals surface area contributed by atoms with Gasteiger partial charge in [0, 0.05) is 11.3 Å². The molecular weight excluding hydrogens is 392 g/mol. The predicted molar refractivity (Wildman–Crippen MR) is 108 cm³/mol. The number of hydrogen-bond acceptors (Lipinski definition) is 6. The molecule has 4 aromatic rings. The van der Waals surface area contributed by atoms with Gasteiger partial charge >= 0.3 is 0 Å². The van der Waals surface area contributed by atoms with Crippen molar-refractivity contribution in [1.29, 1.82) is 0 Å². The Morgan fingerprint density at radius 3 is 2.55 bits per heavy atom. The van der Waals surface area contributed by atoms with Gasteiger partial charge in [0.1, 0.15) is 17.0 Å². The van der Waals surface area contributed by atoms with Gasteiger partial charge in [-0.2, -0.15) is 4.98 Å². The lowest BCUT2D eigenvalue weighted by atomic mass is 10.0. The molecule has 0 radical (unpaired) electrons. The van der Waals surface area contributed by atoms with Gasteiger partial charge in [-0.3, -0.25) is 4.79 Å². The molecule has 0 fully saturated rings. The lowest BCUT2D eigenvalue weighted by molar-refractivity contribution is 0.102. The largest absolute Gasteiger partial charge is 0.360 e. The minimum Gasteiger partial charge on any atom is -0.360 e. The van der Waals surface area contributed by atoms with E-state index >= 15 is 0 Å². The first-order valence-corrected chi connectivity index (χ1v) is 9.30. The Kier molecular flexibility index (Phi) is 5.14. The van der Waals surface area contributed by atoms with Crippen LogP contribution in [0.15, 0.2) is 57.6 Å². The molecular formula is C21H17ClN4O3. The molecule has 1 N–H and O–H groups in total. The number of benzene rings is 2. The number of para-hydroxylation sites is 1. The highest BCUT2D eigenvalue weighted by molar-refractivity contribution is 6.33. The van der Waals surface area contributed by atoms with Gasteiger partial charge < -0.3 is 14.4 Å². The van der Waals surface area contributed by atoms with Crippen LogP contribution in [0.4, 0.5) is 5.69 Å². The molecule has 1 amide bonds. The molecule has 2 aromatic carbocycles. The van der Waals surface area contributed by atoms with Gasteiger partial charge in [0.15, 0.2) is 5.82 Å². The fraction of sp³-hybridized carbons (Fsp3) is 0.143. The molecule has 8 heteroatoms. The van der Waals surface area contributed by atoms with Gasteiger partial charge in [-0.15, -0.1) is 0 Å². The van der Waals surface area contributed by atoms with E-state index in [0.29, 0.717) is 51.4 Å². The fourth-order valence-electron chi connectivity index (χ4n) is 3.03. The molecule has 0 unspecified atom stereocenters. The first-order chi connectivity index (χ1) is 14.0. The number of carbonyl (C=O) groups is 1. The molecule has 29 heavy (non-hydrogen) atoms. The minimum atomic E-state index is -0.340. The van der Waals surface area contributed by atoms with Crippen LogP contribution in [-0.2, 0) is 6.42 Å². The van der Waals surface area contributed by atoms with Gasteiger partial charge in [0.05, 0.1) is 11.4 Å².